The zero-order chi connectivity index (χ0) is 19.1. The number of hydrogen-bond acceptors (Lipinski definition) is 6. The monoisotopic (exact) mass is 361 g/mol. The number of para-hydroxylation sites is 1. The molecule has 0 saturated heterocycles. The van der Waals surface area contributed by atoms with Crippen LogP contribution in [0.4, 0.5) is 0 Å². The predicted octanol–water partition coefficient (Wildman–Crippen LogP) is 2.18. The molecule has 0 heterocycles. The van der Waals surface area contributed by atoms with Crippen LogP contribution in [0, 0.1) is 0 Å². The maximum atomic E-state index is 12.4. The van der Waals surface area contributed by atoms with Gasteiger partial charge in [0.05, 0.1) is 40.1 Å². The standard InChI is InChI=1S/C19H23NO6/c1-23-15-9-8-12(10-17(15)25-3)14(21)11-20-19(22)13-6-5-7-16(24-2)18(13)26-4/h5-10,14,21H,11H2,1-4H3,(H,20,22). The Hall–Kier alpha value is -2.93. The number of carbonyl (C=O) groups is 1. The van der Waals surface area contributed by atoms with Crippen molar-refractivity contribution in [2.45, 2.75) is 6.10 Å². The van der Waals surface area contributed by atoms with E-state index in [1.165, 1.54) is 28.4 Å². The van der Waals surface area contributed by atoms with Crippen LogP contribution in [0.1, 0.15) is 22.0 Å². The Morgan fingerprint density at radius 1 is 0.962 bits per heavy atom. The molecule has 0 aliphatic rings. The van der Waals surface area contributed by atoms with E-state index in [-0.39, 0.29) is 12.5 Å². The third-order valence-corrected chi connectivity index (χ3v) is 3.90. The van der Waals surface area contributed by atoms with Gasteiger partial charge >= 0.3 is 0 Å². The Bertz CT molecular complexity index is 762. The number of aliphatic hydroxyl groups is 1. The minimum absolute atomic E-state index is 0.0225. The van der Waals surface area contributed by atoms with Gasteiger partial charge in [-0.2, -0.15) is 0 Å². The lowest BCUT2D eigenvalue weighted by Crippen LogP contribution is -2.28. The number of aliphatic hydroxyl groups excluding tert-OH is 1. The van der Waals surface area contributed by atoms with Gasteiger partial charge in [-0.25, -0.2) is 0 Å². The molecule has 2 rings (SSSR count). The minimum atomic E-state index is -0.907. The first-order valence-electron chi connectivity index (χ1n) is 7.94. The first kappa shape index (κ1) is 19.4. The summed E-state index contributed by atoms with van der Waals surface area (Å²) in [6.45, 7) is 0.0225. The number of hydrogen-bond donors (Lipinski definition) is 2. The number of ether oxygens (including phenoxy) is 4. The van der Waals surface area contributed by atoms with E-state index in [4.69, 9.17) is 18.9 Å². The summed E-state index contributed by atoms with van der Waals surface area (Å²) in [6, 6.07) is 10.1. The quantitative estimate of drug-likeness (QED) is 0.750. The molecule has 7 nitrogen and oxygen atoms in total. The van der Waals surface area contributed by atoms with Gasteiger partial charge in [0.2, 0.25) is 0 Å². The van der Waals surface area contributed by atoms with E-state index in [1.54, 1.807) is 36.4 Å². The lowest BCUT2D eigenvalue weighted by molar-refractivity contribution is 0.0912. The molecule has 1 unspecified atom stereocenters. The Labute approximate surface area is 152 Å². The Morgan fingerprint density at radius 3 is 2.27 bits per heavy atom. The summed E-state index contributed by atoms with van der Waals surface area (Å²) in [6.07, 6.45) is -0.907. The molecule has 0 spiro atoms. The highest BCUT2D eigenvalue weighted by molar-refractivity contribution is 5.97. The number of amides is 1. The van der Waals surface area contributed by atoms with Crippen molar-refractivity contribution < 1.29 is 28.8 Å². The smallest absolute Gasteiger partial charge is 0.255 e. The first-order valence-corrected chi connectivity index (χ1v) is 7.94. The van der Waals surface area contributed by atoms with E-state index >= 15 is 0 Å². The van der Waals surface area contributed by atoms with Crippen molar-refractivity contribution in [3.8, 4) is 23.0 Å². The zero-order valence-electron chi connectivity index (χ0n) is 15.2. The van der Waals surface area contributed by atoms with Gasteiger partial charge < -0.3 is 29.4 Å². The summed E-state index contributed by atoms with van der Waals surface area (Å²) in [5.41, 5.74) is 0.923. The van der Waals surface area contributed by atoms with Crippen LogP contribution in [0.25, 0.3) is 0 Å². The van der Waals surface area contributed by atoms with Crippen LogP contribution in [0.2, 0.25) is 0 Å². The molecule has 0 bridgehead atoms. The highest BCUT2D eigenvalue weighted by Crippen LogP contribution is 2.31. The molecule has 2 N–H and O–H groups in total. The van der Waals surface area contributed by atoms with E-state index < -0.39 is 6.10 Å². The summed E-state index contributed by atoms with van der Waals surface area (Å²) < 4.78 is 20.8. The minimum Gasteiger partial charge on any atom is -0.493 e. The maximum Gasteiger partial charge on any atom is 0.255 e. The Balaban J connectivity index is 2.10. The number of methoxy groups -OCH3 is 4. The fourth-order valence-electron chi connectivity index (χ4n) is 2.53. The summed E-state index contributed by atoms with van der Waals surface area (Å²) in [5, 5.41) is 13.1. The molecule has 26 heavy (non-hydrogen) atoms. The predicted molar refractivity (Wildman–Crippen MR) is 96.4 cm³/mol. The van der Waals surface area contributed by atoms with Crippen molar-refractivity contribution in [1.82, 2.24) is 5.32 Å². The van der Waals surface area contributed by atoms with Gasteiger partial charge in [0.1, 0.15) is 0 Å². The molecule has 0 fully saturated rings. The van der Waals surface area contributed by atoms with Crippen LogP contribution in [-0.4, -0.2) is 46.0 Å². The van der Waals surface area contributed by atoms with E-state index in [0.29, 0.717) is 34.1 Å². The van der Waals surface area contributed by atoms with Crippen LogP contribution in [0.15, 0.2) is 36.4 Å². The molecule has 2 aromatic carbocycles. The van der Waals surface area contributed by atoms with Crippen molar-refractivity contribution in [3.63, 3.8) is 0 Å². The number of benzene rings is 2. The number of nitrogens with one attached hydrogen (secondary N) is 1. The highest BCUT2D eigenvalue weighted by Gasteiger charge is 2.18. The number of rotatable bonds is 8. The van der Waals surface area contributed by atoms with E-state index in [0.717, 1.165) is 0 Å². The molecule has 7 heteroatoms. The van der Waals surface area contributed by atoms with Crippen LogP contribution < -0.4 is 24.3 Å². The summed E-state index contributed by atoms with van der Waals surface area (Å²) in [7, 11) is 6.02. The van der Waals surface area contributed by atoms with Crippen molar-refractivity contribution in [2.24, 2.45) is 0 Å². The van der Waals surface area contributed by atoms with Gasteiger partial charge in [-0.1, -0.05) is 12.1 Å². The summed E-state index contributed by atoms with van der Waals surface area (Å²) in [5.74, 6) is 1.49. The molecular weight excluding hydrogens is 338 g/mol. The fraction of sp³-hybridized carbons (Fsp3) is 0.316. The topological polar surface area (TPSA) is 86.3 Å². The van der Waals surface area contributed by atoms with Gasteiger partial charge in [0.15, 0.2) is 23.0 Å². The highest BCUT2D eigenvalue weighted by atomic mass is 16.5. The zero-order valence-corrected chi connectivity index (χ0v) is 15.2. The van der Waals surface area contributed by atoms with Gasteiger partial charge in [0.25, 0.3) is 5.91 Å². The molecule has 140 valence electrons. The molecule has 0 aromatic heterocycles. The van der Waals surface area contributed by atoms with Crippen molar-refractivity contribution in [3.05, 3.63) is 47.5 Å². The molecule has 2 aromatic rings. The van der Waals surface area contributed by atoms with Crippen molar-refractivity contribution in [2.75, 3.05) is 35.0 Å². The third kappa shape index (κ3) is 4.18. The van der Waals surface area contributed by atoms with Crippen LogP contribution in [0.5, 0.6) is 23.0 Å². The average Bonchev–Trinajstić information content (AvgIpc) is 2.70. The molecule has 0 saturated carbocycles. The van der Waals surface area contributed by atoms with E-state index in [1.807, 2.05) is 0 Å². The molecule has 0 aliphatic carbocycles. The molecule has 1 amide bonds. The summed E-state index contributed by atoms with van der Waals surface area (Å²) in [4.78, 5) is 12.4. The molecule has 0 aliphatic heterocycles. The lowest BCUT2D eigenvalue weighted by atomic mass is 10.1. The SMILES string of the molecule is COc1ccc(C(O)CNC(=O)c2cccc(OC)c2OC)cc1OC. The van der Waals surface area contributed by atoms with Gasteiger partial charge in [-0.15, -0.1) is 0 Å². The normalized spacial score (nSPS) is 11.4. The Morgan fingerprint density at radius 2 is 1.65 bits per heavy atom. The van der Waals surface area contributed by atoms with Gasteiger partial charge in [-0.3, -0.25) is 4.79 Å². The first-order chi connectivity index (χ1) is 12.5. The second-order valence-electron chi connectivity index (χ2n) is 5.38. The lowest BCUT2D eigenvalue weighted by Gasteiger charge is -2.16. The van der Waals surface area contributed by atoms with Crippen LogP contribution in [-0.2, 0) is 0 Å². The van der Waals surface area contributed by atoms with E-state index in [2.05, 4.69) is 5.32 Å². The Kier molecular flexibility index (Phi) is 6.68. The average molecular weight is 361 g/mol. The van der Waals surface area contributed by atoms with Crippen LogP contribution in [0.3, 0.4) is 0 Å². The summed E-state index contributed by atoms with van der Waals surface area (Å²) >= 11 is 0. The van der Waals surface area contributed by atoms with Crippen LogP contribution >= 0.6 is 0 Å². The molecule has 0 radical (unpaired) electrons. The molecular formula is C19H23NO6. The van der Waals surface area contributed by atoms with Crippen molar-refractivity contribution >= 4 is 5.91 Å². The second-order valence-corrected chi connectivity index (χ2v) is 5.38. The largest absolute Gasteiger partial charge is 0.493 e. The van der Waals surface area contributed by atoms with Gasteiger partial charge in [-0.05, 0) is 29.8 Å². The van der Waals surface area contributed by atoms with Crippen molar-refractivity contribution in [1.29, 1.82) is 0 Å². The van der Waals surface area contributed by atoms with E-state index in [9.17, 15) is 9.90 Å². The fourth-order valence-corrected chi connectivity index (χ4v) is 2.53. The van der Waals surface area contributed by atoms with Gasteiger partial charge in [0, 0.05) is 6.54 Å². The maximum absolute atomic E-state index is 12.4. The molecule has 1 atom stereocenters. The third-order valence-electron chi connectivity index (χ3n) is 3.90. The second kappa shape index (κ2) is 8.96. The number of carbonyl (C=O) groups excluding carboxylic acids is 1.